The predicted octanol–water partition coefficient (Wildman–Crippen LogP) is 4.30. The molecule has 1 aromatic carbocycles. The second-order valence-corrected chi connectivity index (χ2v) is 7.45. The first kappa shape index (κ1) is 17.2. The zero-order chi connectivity index (χ0) is 17.8. The third-order valence-corrected chi connectivity index (χ3v) is 5.66. The van der Waals surface area contributed by atoms with Crippen molar-refractivity contribution in [1.29, 1.82) is 0 Å². The van der Waals surface area contributed by atoms with Gasteiger partial charge >= 0.3 is 0 Å². The number of ether oxygens (including phenoxy) is 1. The Hall–Kier alpha value is -2.18. The average molecular weight is 366 g/mol. The van der Waals surface area contributed by atoms with Crippen molar-refractivity contribution in [2.45, 2.75) is 37.4 Å². The van der Waals surface area contributed by atoms with Gasteiger partial charge in [0.25, 0.3) is 0 Å². The molecule has 134 valence electrons. The van der Waals surface area contributed by atoms with E-state index in [0.717, 1.165) is 41.0 Å². The summed E-state index contributed by atoms with van der Waals surface area (Å²) in [6.45, 7) is 2.99. The normalized spacial score (nSPS) is 17.3. The monoisotopic (exact) mass is 366 g/mol. The molecule has 0 bridgehead atoms. The van der Waals surface area contributed by atoms with Gasteiger partial charge in [-0.15, -0.1) is 10.2 Å². The van der Waals surface area contributed by atoms with Crippen molar-refractivity contribution in [2.75, 3.05) is 12.4 Å². The summed E-state index contributed by atoms with van der Waals surface area (Å²) in [5.74, 6) is 1.74. The summed E-state index contributed by atoms with van der Waals surface area (Å²) in [4.78, 5) is 4.12. The van der Waals surface area contributed by atoms with Crippen LogP contribution in [0.2, 0.25) is 0 Å². The maximum absolute atomic E-state index is 5.87. The van der Waals surface area contributed by atoms with E-state index in [9.17, 15) is 0 Å². The summed E-state index contributed by atoms with van der Waals surface area (Å²) in [7, 11) is 0. The number of nitrogens with zero attached hydrogens (tertiary/aromatic N) is 4. The second kappa shape index (κ2) is 8.01. The van der Waals surface area contributed by atoms with E-state index in [1.165, 1.54) is 18.4 Å². The zero-order valence-electron chi connectivity index (χ0n) is 14.8. The van der Waals surface area contributed by atoms with Gasteiger partial charge < -0.3 is 4.74 Å². The van der Waals surface area contributed by atoms with Crippen LogP contribution in [0.15, 0.2) is 53.9 Å². The molecule has 3 heterocycles. The lowest BCUT2D eigenvalue weighted by molar-refractivity contribution is 0.0315. The number of hydrogen-bond donors (Lipinski definition) is 0. The highest BCUT2D eigenvalue weighted by Gasteiger charge is 2.20. The Kier molecular flexibility index (Phi) is 5.32. The molecular formula is C20H22N4OS. The molecule has 1 aliphatic heterocycles. The van der Waals surface area contributed by atoms with Crippen molar-refractivity contribution >= 4 is 11.8 Å². The van der Waals surface area contributed by atoms with Crippen LogP contribution in [0.4, 0.5) is 0 Å². The molecule has 3 aromatic rings. The van der Waals surface area contributed by atoms with Gasteiger partial charge in [-0.25, -0.2) is 0 Å². The Morgan fingerprint density at radius 1 is 1.12 bits per heavy atom. The fourth-order valence-electron chi connectivity index (χ4n) is 3.19. The van der Waals surface area contributed by atoms with E-state index in [4.69, 9.17) is 4.74 Å². The maximum Gasteiger partial charge on any atom is 0.196 e. The molecule has 4 rings (SSSR count). The number of thioether (sulfide) groups is 1. The van der Waals surface area contributed by atoms with E-state index in [-0.39, 0.29) is 0 Å². The van der Waals surface area contributed by atoms with Crippen LogP contribution in [0.25, 0.3) is 17.1 Å². The van der Waals surface area contributed by atoms with Crippen LogP contribution in [0.1, 0.15) is 24.8 Å². The van der Waals surface area contributed by atoms with Gasteiger partial charge in [-0.2, -0.15) is 0 Å². The molecule has 0 saturated carbocycles. The van der Waals surface area contributed by atoms with E-state index >= 15 is 0 Å². The molecule has 0 radical (unpaired) electrons. The summed E-state index contributed by atoms with van der Waals surface area (Å²) in [6.07, 6.45) is 7.43. The summed E-state index contributed by atoms with van der Waals surface area (Å²) >= 11 is 1.72. The zero-order valence-corrected chi connectivity index (χ0v) is 15.7. The lowest BCUT2D eigenvalue weighted by Crippen LogP contribution is -2.21. The lowest BCUT2D eigenvalue weighted by atomic mass is 10.1. The molecule has 0 spiro atoms. The largest absolute Gasteiger partial charge is 0.377 e. The number of rotatable bonds is 5. The van der Waals surface area contributed by atoms with Crippen molar-refractivity contribution in [3.63, 3.8) is 0 Å². The Bertz CT molecular complexity index is 859. The van der Waals surface area contributed by atoms with Gasteiger partial charge in [0, 0.05) is 30.3 Å². The SMILES string of the molecule is Cc1ccccc1-n1c(SC[C@H]2CCCCO2)nnc1-c1ccncc1. The molecule has 1 fully saturated rings. The summed E-state index contributed by atoms with van der Waals surface area (Å²) in [6, 6.07) is 12.3. The Morgan fingerprint density at radius 3 is 2.73 bits per heavy atom. The molecule has 6 heteroatoms. The topological polar surface area (TPSA) is 52.8 Å². The summed E-state index contributed by atoms with van der Waals surface area (Å²) < 4.78 is 8.02. The molecule has 0 unspecified atom stereocenters. The second-order valence-electron chi connectivity index (χ2n) is 6.46. The highest BCUT2D eigenvalue weighted by atomic mass is 32.2. The third kappa shape index (κ3) is 3.66. The molecule has 0 amide bonds. The maximum atomic E-state index is 5.87. The fourth-order valence-corrected chi connectivity index (χ4v) is 4.20. The molecule has 26 heavy (non-hydrogen) atoms. The van der Waals surface area contributed by atoms with Crippen molar-refractivity contribution in [3.05, 3.63) is 54.4 Å². The molecule has 1 atom stereocenters. The van der Waals surface area contributed by atoms with Crippen molar-refractivity contribution in [1.82, 2.24) is 19.7 Å². The number of benzene rings is 1. The van der Waals surface area contributed by atoms with E-state index < -0.39 is 0 Å². The Balaban J connectivity index is 1.70. The van der Waals surface area contributed by atoms with Gasteiger partial charge in [0.05, 0.1) is 11.8 Å². The average Bonchev–Trinajstić information content (AvgIpc) is 3.12. The standard InChI is InChI=1S/C20H22N4OS/c1-15-6-2-3-8-18(15)24-19(16-9-11-21-12-10-16)22-23-20(24)26-14-17-7-4-5-13-25-17/h2-3,6,8-12,17H,4-5,7,13-14H2,1H3/t17-/m1/s1. The van der Waals surface area contributed by atoms with Crippen LogP contribution in [-0.2, 0) is 4.74 Å². The van der Waals surface area contributed by atoms with Crippen molar-refractivity contribution in [3.8, 4) is 17.1 Å². The molecule has 1 aliphatic rings. The fraction of sp³-hybridized carbons (Fsp3) is 0.350. The van der Waals surface area contributed by atoms with Gasteiger partial charge in [-0.05, 0) is 49.9 Å². The van der Waals surface area contributed by atoms with Crippen LogP contribution in [0, 0.1) is 6.92 Å². The molecule has 1 saturated heterocycles. The van der Waals surface area contributed by atoms with Gasteiger partial charge in [0.1, 0.15) is 0 Å². The van der Waals surface area contributed by atoms with Gasteiger partial charge in [-0.3, -0.25) is 9.55 Å². The summed E-state index contributed by atoms with van der Waals surface area (Å²) in [5.41, 5.74) is 3.31. The highest BCUT2D eigenvalue weighted by Crippen LogP contribution is 2.30. The minimum Gasteiger partial charge on any atom is -0.377 e. The lowest BCUT2D eigenvalue weighted by Gasteiger charge is -2.22. The molecule has 2 aromatic heterocycles. The number of hydrogen-bond acceptors (Lipinski definition) is 5. The first-order valence-electron chi connectivity index (χ1n) is 8.99. The van der Waals surface area contributed by atoms with Crippen LogP contribution in [0.3, 0.4) is 0 Å². The summed E-state index contributed by atoms with van der Waals surface area (Å²) in [5, 5.41) is 9.89. The molecule has 0 aliphatic carbocycles. The number of aryl methyl sites for hydroxylation is 1. The number of para-hydroxylation sites is 1. The smallest absolute Gasteiger partial charge is 0.196 e. The van der Waals surface area contributed by atoms with E-state index in [1.807, 2.05) is 12.1 Å². The van der Waals surface area contributed by atoms with E-state index in [1.54, 1.807) is 24.2 Å². The minimum absolute atomic E-state index is 0.306. The van der Waals surface area contributed by atoms with E-state index in [2.05, 4.69) is 50.9 Å². The Labute approximate surface area is 157 Å². The Morgan fingerprint density at radius 2 is 1.96 bits per heavy atom. The van der Waals surface area contributed by atoms with Gasteiger partial charge in [0.2, 0.25) is 0 Å². The highest BCUT2D eigenvalue weighted by molar-refractivity contribution is 7.99. The molecule has 5 nitrogen and oxygen atoms in total. The van der Waals surface area contributed by atoms with Crippen LogP contribution in [0.5, 0.6) is 0 Å². The van der Waals surface area contributed by atoms with Gasteiger partial charge in [-0.1, -0.05) is 30.0 Å². The van der Waals surface area contributed by atoms with Crippen LogP contribution >= 0.6 is 11.8 Å². The molecule has 0 N–H and O–H groups in total. The first-order chi connectivity index (χ1) is 12.8. The number of pyridine rings is 1. The quantitative estimate of drug-likeness (QED) is 0.630. The van der Waals surface area contributed by atoms with Gasteiger partial charge in [0.15, 0.2) is 11.0 Å². The van der Waals surface area contributed by atoms with Crippen molar-refractivity contribution < 1.29 is 4.74 Å². The first-order valence-corrected chi connectivity index (χ1v) is 9.98. The molecular weight excluding hydrogens is 344 g/mol. The predicted molar refractivity (Wildman–Crippen MR) is 104 cm³/mol. The van der Waals surface area contributed by atoms with Crippen LogP contribution in [-0.4, -0.2) is 38.2 Å². The van der Waals surface area contributed by atoms with E-state index in [0.29, 0.717) is 6.10 Å². The third-order valence-electron chi connectivity index (χ3n) is 4.60. The van der Waals surface area contributed by atoms with Crippen LogP contribution < -0.4 is 0 Å². The van der Waals surface area contributed by atoms with Crippen molar-refractivity contribution in [2.24, 2.45) is 0 Å². The minimum atomic E-state index is 0.306. The number of aromatic nitrogens is 4.